The monoisotopic (exact) mass is 297 g/mol. The van der Waals surface area contributed by atoms with E-state index in [1.165, 1.54) is 17.3 Å². The van der Waals surface area contributed by atoms with Crippen molar-refractivity contribution in [3.8, 4) is 0 Å². The minimum atomic E-state index is -0.129. The van der Waals surface area contributed by atoms with Gasteiger partial charge in [-0.25, -0.2) is 9.98 Å². The zero-order valence-electron chi connectivity index (χ0n) is 11.6. The molecule has 0 aliphatic carbocycles. The third kappa shape index (κ3) is 3.49. The van der Waals surface area contributed by atoms with Crippen LogP contribution in [0.15, 0.2) is 53.7 Å². The SMILES string of the molecule is Cc1ccc(C[C@H]2S/C(=N/c3ccccn3)NC2=O)cc1. The molecule has 1 aromatic heterocycles. The van der Waals surface area contributed by atoms with E-state index in [4.69, 9.17) is 0 Å². The molecule has 0 unspecified atom stereocenters. The highest BCUT2D eigenvalue weighted by Gasteiger charge is 2.30. The molecule has 1 atom stereocenters. The van der Waals surface area contributed by atoms with Crippen LogP contribution in [0.1, 0.15) is 11.1 Å². The molecule has 1 aliphatic rings. The molecule has 1 amide bonds. The van der Waals surface area contributed by atoms with E-state index in [0.717, 1.165) is 5.56 Å². The van der Waals surface area contributed by atoms with Crippen molar-refractivity contribution < 1.29 is 4.79 Å². The van der Waals surface area contributed by atoms with Gasteiger partial charge in [0.1, 0.15) is 0 Å². The van der Waals surface area contributed by atoms with Gasteiger partial charge in [0.25, 0.3) is 0 Å². The number of nitrogens with zero attached hydrogens (tertiary/aromatic N) is 2. The molecule has 3 rings (SSSR count). The second-order valence-electron chi connectivity index (χ2n) is 4.89. The van der Waals surface area contributed by atoms with Crippen molar-refractivity contribution in [1.82, 2.24) is 10.3 Å². The van der Waals surface area contributed by atoms with Crippen LogP contribution in [0.3, 0.4) is 0 Å². The van der Waals surface area contributed by atoms with E-state index >= 15 is 0 Å². The number of carbonyl (C=O) groups excluding carboxylic acids is 1. The van der Waals surface area contributed by atoms with Gasteiger partial charge in [0, 0.05) is 6.20 Å². The lowest BCUT2D eigenvalue weighted by Crippen LogP contribution is -2.25. The Hall–Kier alpha value is -2.14. The van der Waals surface area contributed by atoms with Crippen molar-refractivity contribution in [2.45, 2.75) is 18.6 Å². The first-order valence-corrected chi connectivity index (χ1v) is 7.61. The summed E-state index contributed by atoms with van der Waals surface area (Å²) < 4.78 is 0. The Morgan fingerprint density at radius 2 is 2.05 bits per heavy atom. The lowest BCUT2D eigenvalue weighted by molar-refractivity contribution is -0.118. The average molecular weight is 297 g/mol. The van der Waals surface area contributed by atoms with Crippen LogP contribution in [0, 0.1) is 6.92 Å². The summed E-state index contributed by atoms with van der Waals surface area (Å²) in [5.41, 5.74) is 2.38. The Kier molecular flexibility index (Phi) is 4.01. The highest BCUT2D eigenvalue weighted by atomic mass is 32.2. The fourth-order valence-electron chi connectivity index (χ4n) is 2.05. The van der Waals surface area contributed by atoms with Gasteiger partial charge in [-0.3, -0.25) is 4.79 Å². The van der Waals surface area contributed by atoms with Crippen LogP contribution in [-0.4, -0.2) is 21.3 Å². The summed E-state index contributed by atoms with van der Waals surface area (Å²) in [7, 11) is 0. The smallest absolute Gasteiger partial charge is 0.239 e. The van der Waals surface area contributed by atoms with E-state index in [-0.39, 0.29) is 11.2 Å². The lowest BCUT2D eigenvalue weighted by Gasteiger charge is -2.05. The molecule has 5 heteroatoms. The van der Waals surface area contributed by atoms with Gasteiger partial charge in [0.2, 0.25) is 5.91 Å². The van der Waals surface area contributed by atoms with Crippen molar-refractivity contribution in [3.05, 3.63) is 59.8 Å². The fraction of sp³-hybridized carbons (Fsp3) is 0.188. The molecule has 1 fully saturated rings. The zero-order chi connectivity index (χ0) is 14.7. The molecule has 21 heavy (non-hydrogen) atoms. The second-order valence-corrected chi connectivity index (χ2v) is 6.08. The largest absolute Gasteiger partial charge is 0.304 e. The summed E-state index contributed by atoms with van der Waals surface area (Å²) in [5, 5.41) is 3.31. The molecule has 1 N–H and O–H groups in total. The highest BCUT2D eigenvalue weighted by Crippen LogP contribution is 2.25. The molecular weight excluding hydrogens is 282 g/mol. The van der Waals surface area contributed by atoms with Crippen molar-refractivity contribution in [1.29, 1.82) is 0 Å². The summed E-state index contributed by atoms with van der Waals surface area (Å²) in [4.78, 5) is 20.5. The number of hydrogen-bond acceptors (Lipinski definition) is 4. The third-order valence-electron chi connectivity index (χ3n) is 3.18. The van der Waals surface area contributed by atoms with Crippen LogP contribution in [-0.2, 0) is 11.2 Å². The van der Waals surface area contributed by atoms with Crippen molar-refractivity contribution >= 4 is 28.7 Å². The van der Waals surface area contributed by atoms with Crippen LogP contribution < -0.4 is 5.32 Å². The van der Waals surface area contributed by atoms with Gasteiger partial charge in [-0.15, -0.1) is 0 Å². The number of rotatable bonds is 3. The van der Waals surface area contributed by atoms with Gasteiger partial charge in [0.05, 0.1) is 5.25 Å². The maximum absolute atomic E-state index is 12.0. The van der Waals surface area contributed by atoms with E-state index in [1.54, 1.807) is 6.20 Å². The van der Waals surface area contributed by atoms with Crippen molar-refractivity contribution in [2.24, 2.45) is 4.99 Å². The van der Waals surface area contributed by atoms with Gasteiger partial charge >= 0.3 is 0 Å². The van der Waals surface area contributed by atoms with E-state index in [1.807, 2.05) is 18.2 Å². The third-order valence-corrected chi connectivity index (χ3v) is 4.27. The number of benzene rings is 1. The van der Waals surface area contributed by atoms with Crippen LogP contribution in [0.25, 0.3) is 0 Å². The molecule has 106 valence electrons. The molecule has 0 spiro atoms. The number of nitrogens with one attached hydrogen (secondary N) is 1. The number of pyridine rings is 1. The maximum atomic E-state index is 12.0. The van der Waals surface area contributed by atoms with Crippen LogP contribution in [0.2, 0.25) is 0 Å². The van der Waals surface area contributed by atoms with E-state index in [2.05, 4.69) is 46.5 Å². The first kappa shape index (κ1) is 13.8. The molecule has 0 bridgehead atoms. The zero-order valence-corrected chi connectivity index (χ0v) is 12.4. The topological polar surface area (TPSA) is 54.4 Å². The van der Waals surface area contributed by atoms with Crippen molar-refractivity contribution in [3.63, 3.8) is 0 Å². The van der Waals surface area contributed by atoms with Crippen LogP contribution in [0.5, 0.6) is 0 Å². The minimum absolute atomic E-state index is 0.00950. The molecule has 2 heterocycles. The number of amidine groups is 1. The van der Waals surface area contributed by atoms with E-state index < -0.39 is 0 Å². The maximum Gasteiger partial charge on any atom is 0.239 e. The molecule has 0 saturated carbocycles. The summed E-state index contributed by atoms with van der Waals surface area (Å²) in [6, 6.07) is 13.8. The highest BCUT2D eigenvalue weighted by molar-refractivity contribution is 8.15. The normalized spacial score (nSPS) is 19.8. The predicted octanol–water partition coefficient (Wildman–Crippen LogP) is 2.85. The number of hydrogen-bond donors (Lipinski definition) is 1. The standard InChI is InChI=1S/C16H15N3OS/c1-11-5-7-12(8-6-11)10-13-15(20)19-16(21-13)18-14-4-2-3-9-17-14/h2-9,13H,10H2,1H3,(H,17,18,19,20)/t13-/m1/s1. The number of amides is 1. The minimum Gasteiger partial charge on any atom is -0.304 e. The summed E-state index contributed by atoms with van der Waals surface area (Å²) >= 11 is 1.46. The van der Waals surface area contributed by atoms with E-state index in [0.29, 0.717) is 17.4 Å². The Morgan fingerprint density at radius 3 is 2.76 bits per heavy atom. The Labute approximate surface area is 127 Å². The van der Waals surface area contributed by atoms with Gasteiger partial charge in [-0.1, -0.05) is 47.7 Å². The fourth-order valence-corrected chi connectivity index (χ4v) is 3.07. The summed E-state index contributed by atoms with van der Waals surface area (Å²) in [6.45, 7) is 2.05. The molecule has 4 nitrogen and oxygen atoms in total. The van der Waals surface area contributed by atoms with E-state index in [9.17, 15) is 4.79 Å². The molecular formula is C16H15N3OS. The Morgan fingerprint density at radius 1 is 1.24 bits per heavy atom. The molecule has 1 saturated heterocycles. The molecule has 1 aliphatic heterocycles. The first-order valence-electron chi connectivity index (χ1n) is 6.73. The number of aryl methyl sites for hydroxylation is 1. The number of carbonyl (C=O) groups is 1. The second kappa shape index (κ2) is 6.10. The summed E-state index contributed by atoms with van der Waals surface area (Å²) in [5.74, 6) is 0.617. The molecule has 0 radical (unpaired) electrons. The quantitative estimate of drug-likeness (QED) is 0.948. The number of thioether (sulfide) groups is 1. The van der Waals surface area contributed by atoms with Crippen molar-refractivity contribution in [2.75, 3.05) is 0 Å². The number of aliphatic imine (C=N–C) groups is 1. The Bertz CT molecular complexity index is 668. The molecule has 1 aromatic carbocycles. The Balaban J connectivity index is 1.70. The average Bonchev–Trinajstić information content (AvgIpc) is 2.82. The van der Waals surface area contributed by atoms with Gasteiger partial charge in [-0.2, -0.15) is 0 Å². The first-order chi connectivity index (χ1) is 10.2. The van der Waals surface area contributed by atoms with Gasteiger partial charge in [-0.05, 0) is 31.0 Å². The van der Waals surface area contributed by atoms with Crippen LogP contribution >= 0.6 is 11.8 Å². The predicted molar refractivity (Wildman–Crippen MR) is 85.7 cm³/mol. The number of aromatic nitrogens is 1. The van der Waals surface area contributed by atoms with Crippen LogP contribution in [0.4, 0.5) is 5.82 Å². The molecule has 2 aromatic rings. The lowest BCUT2D eigenvalue weighted by atomic mass is 10.1. The van der Waals surface area contributed by atoms with Gasteiger partial charge in [0.15, 0.2) is 11.0 Å². The van der Waals surface area contributed by atoms with Gasteiger partial charge < -0.3 is 5.32 Å². The summed E-state index contributed by atoms with van der Waals surface area (Å²) in [6.07, 6.45) is 2.39.